The Labute approximate surface area is 147 Å². The highest BCUT2D eigenvalue weighted by Crippen LogP contribution is 2.31. The fourth-order valence-electron chi connectivity index (χ4n) is 2.30. The molecule has 0 saturated carbocycles. The smallest absolute Gasteiger partial charge is 0.248 e. The summed E-state index contributed by atoms with van der Waals surface area (Å²) in [5.41, 5.74) is 7.67. The minimum absolute atomic E-state index is 0.258. The molecule has 7 heteroatoms. The van der Waals surface area contributed by atoms with E-state index in [0.29, 0.717) is 37.5 Å². The molecule has 2 rings (SSSR count). The molecular weight excluding hydrogens is 316 g/mol. The van der Waals surface area contributed by atoms with E-state index in [4.69, 9.17) is 21.0 Å². The second-order valence-electron chi connectivity index (χ2n) is 5.32. The van der Waals surface area contributed by atoms with E-state index in [0.717, 1.165) is 6.42 Å². The summed E-state index contributed by atoms with van der Waals surface area (Å²) in [6, 6.07) is 11.9. The van der Waals surface area contributed by atoms with Crippen molar-refractivity contribution in [3.8, 4) is 23.8 Å². The van der Waals surface area contributed by atoms with Crippen molar-refractivity contribution in [2.45, 2.75) is 26.2 Å². The molecule has 0 atom stereocenters. The van der Waals surface area contributed by atoms with Crippen molar-refractivity contribution in [1.82, 2.24) is 9.97 Å². The van der Waals surface area contributed by atoms with Gasteiger partial charge in [0.2, 0.25) is 5.88 Å². The Morgan fingerprint density at radius 3 is 2.28 bits per heavy atom. The summed E-state index contributed by atoms with van der Waals surface area (Å²) in [5, 5.41) is 17.6. The third-order valence-electron chi connectivity index (χ3n) is 3.66. The molecule has 0 spiro atoms. The Morgan fingerprint density at radius 1 is 1.08 bits per heavy atom. The first-order chi connectivity index (χ1) is 12.2. The Kier molecular flexibility index (Phi) is 6.56. The molecule has 1 heterocycles. The average molecular weight is 336 g/mol. The van der Waals surface area contributed by atoms with Crippen LogP contribution in [-0.2, 0) is 6.42 Å². The van der Waals surface area contributed by atoms with E-state index < -0.39 is 0 Å². The number of nitriles is 2. The van der Waals surface area contributed by atoms with Crippen molar-refractivity contribution in [1.29, 1.82) is 10.5 Å². The Balaban J connectivity index is 2.24. The van der Waals surface area contributed by atoms with Gasteiger partial charge in [-0.15, -0.1) is 0 Å². The Hall–Kier alpha value is -3.32. The summed E-state index contributed by atoms with van der Waals surface area (Å²) in [5.74, 6) is 1.36. The van der Waals surface area contributed by atoms with Crippen LogP contribution in [0.5, 0.6) is 11.6 Å². The van der Waals surface area contributed by atoms with Gasteiger partial charge in [0.05, 0.1) is 25.0 Å². The van der Waals surface area contributed by atoms with Gasteiger partial charge in [-0.05, 0) is 24.1 Å². The van der Waals surface area contributed by atoms with E-state index in [9.17, 15) is 0 Å². The van der Waals surface area contributed by atoms with E-state index in [-0.39, 0.29) is 11.6 Å². The molecule has 7 nitrogen and oxygen atoms in total. The second kappa shape index (κ2) is 9.09. The standard InChI is InChI=1S/C18H20N6O/c1-2-14-5-7-15(8-6-14)25-18-16(21)17(22-13-23-18)24(11-3-9-19)12-4-10-20/h5-8,13H,2-4,11-12,21H2,1H3. The lowest BCUT2D eigenvalue weighted by molar-refractivity contribution is 0.464. The van der Waals surface area contributed by atoms with Gasteiger partial charge in [0.15, 0.2) is 5.82 Å². The fraction of sp³-hybridized carbons (Fsp3) is 0.333. The molecule has 0 amide bonds. The van der Waals surface area contributed by atoms with Crippen LogP contribution in [0.3, 0.4) is 0 Å². The van der Waals surface area contributed by atoms with Gasteiger partial charge in [-0.25, -0.2) is 4.98 Å². The highest BCUT2D eigenvalue weighted by molar-refractivity contribution is 5.68. The van der Waals surface area contributed by atoms with Crippen LogP contribution >= 0.6 is 0 Å². The summed E-state index contributed by atoms with van der Waals surface area (Å²) in [4.78, 5) is 10.1. The van der Waals surface area contributed by atoms with Crippen molar-refractivity contribution in [3.05, 3.63) is 36.2 Å². The Morgan fingerprint density at radius 2 is 1.72 bits per heavy atom. The third-order valence-corrected chi connectivity index (χ3v) is 3.66. The van der Waals surface area contributed by atoms with Crippen LogP contribution in [0.1, 0.15) is 25.3 Å². The van der Waals surface area contributed by atoms with E-state index in [1.165, 1.54) is 11.9 Å². The number of anilines is 2. The second-order valence-corrected chi connectivity index (χ2v) is 5.32. The summed E-state index contributed by atoms with van der Waals surface area (Å²) < 4.78 is 5.78. The highest BCUT2D eigenvalue weighted by Gasteiger charge is 2.16. The zero-order chi connectivity index (χ0) is 18.1. The monoisotopic (exact) mass is 336 g/mol. The van der Waals surface area contributed by atoms with Crippen molar-refractivity contribution in [2.75, 3.05) is 23.7 Å². The fourth-order valence-corrected chi connectivity index (χ4v) is 2.30. The first-order valence-corrected chi connectivity index (χ1v) is 8.05. The quantitative estimate of drug-likeness (QED) is 0.788. The number of ether oxygens (including phenoxy) is 1. The van der Waals surface area contributed by atoms with Crippen LogP contribution in [0.2, 0.25) is 0 Å². The van der Waals surface area contributed by atoms with Gasteiger partial charge < -0.3 is 15.4 Å². The number of hydrogen-bond acceptors (Lipinski definition) is 7. The van der Waals surface area contributed by atoms with Crippen LogP contribution < -0.4 is 15.4 Å². The van der Waals surface area contributed by atoms with Crippen LogP contribution in [0, 0.1) is 22.7 Å². The van der Waals surface area contributed by atoms with Gasteiger partial charge >= 0.3 is 0 Å². The average Bonchev–Trinajstić information content (AvgIpc) is 2.65. The Bertz CT molecular complexity index is 758. The normalized spacial score (nSPS) is 9.88. The van der Waals surface area contributed by atoms with Crippen LogP contribution in [0.25, 0.3) is 0 Å². The van der Waals surface area contributed by atoms with E-state index in [1.807, 2.05) is 24.3 Å². The van der Waals surface area contributed by atoms with Crippen LogP contribution in [0.15, 0.2) is 30.6 Å². The molecule has 0 aliphatic heterocycles. The summed E-state index contributed by atoms with van der Waals surface area (Å²) in [6.45, 7) is 2.95. The molecule has 2 N–H and O–H groups in total. The van der Waals surface area contributed by atoms with Crippen molar-refractivity contribution in [3.63, 3.8) is 0 Å². The summed E-state index contributed by atoms with van der Waals surface area (Å²) >= 11 is 0. The first-order valence-electron chi connectivity index (χ1n) is 8.05. The minimum Gasteiger partial charge on any atom is -0.437 e. The number of rotatable bonds is 8. The molecule has 0 fully saturated rings. The van der Waals surface area contributed by atoms with Gasteiger partial charge in [-0.2, -0.15) is 15.5 Å². The summed E-state index contributed by atoms with van der Waals surface area (Å²) in [6.07, 6.45) is 2.94. The number of nitrogens with two attached hydrogens (primary N) is 1. The van der Waals surface area contributed by atoms with Gasteiger partial charge in [-0.1, -0.05) is 19.1 Å². The number of nitrogens with zero attached hydrogens (tertiary/aromatic N) is 5. The molecule has 0 bridgehead atoms. The molecule has 1 aromatic carbocycles. The lowest BCUT2D eigenvalue weighted by Crippen LogP contribution is -2.27. The molecular formula is C18H20N6O. The maximum atomic E-state index is 8.82. The predicted octanol–water partition coefficient (Wildman–Crippen LogP) is 3.05. The number of nitrogen functional groups attached to an aromatic ring is 1. The SMILES string of the molecule is CCc1ccc(Oc2ncnc(N(CCC#N)CCC#N)c2N)cc1. The van der Waals surface area contributed by atoms with E-state index in [1.54, 1.807) is 4.90 Å². The largest absolute Gasteiger partial charge is 0.437 e. The zero-order valence-corrected chi connectivity index (χ0v) is 14.1. The van der Waals surface area contributed by atoms with E-state index >= 15 is 0 Å². The molecule has 128 valence electrons. The predicted molar refractivity (Wildman–Crippen MR) is 95.0 cm³/mol. The minimum atomic E-state index is 0.258. The maximum absolute atomic E-state index is 8.82. The molecule has 25 heavy (non-hydrogen) atoms. The third kappa shape index (κ3) is 4.82. The van der Waals surface area contributed by atoms with Gasteiger partial charge in [0.25, 0.3) is 0 Å². The zero-order valence-electron chi connectivity index (χ0n) is 14.1. The number of aromatic nitrogens is 2. The number of hydrogen-bond donors (Lipinski definition) is 1. The molecule has 0 saturated heterocycles. The van der Waals surface area contributed by atoms with Gasteiger partial charge in [0, 0.05) is 13.1 Å². The van der Waals surface area contributed by atoms with Gasteiger partial charge in [0.1, 0.15) is 17.8 Å². The van der Waals surface area contributed by atoms with Crippen molar-refractivity contribution in [2.24, 2.45) is 0 Å². The molecule has 0 radical (unpaired) electrons. The van der Waals surface area contributed by atoms with Crippen LogP contribution in [0.4, 0.5) is 11.5 Å². The van der Waals surface area contributed by atoms with Gasteiger partial charge in [-0.3, -0.25) is 0 Å². The topological polar surface area (TPSA) is 112 Å². The molecule has 0 unspecified atom stereocenters. The van der Waals surface area contributed by atoms with Crippen molar-refractivity contribution < 1.29 is 4.74 Å². The first kappa shape index (κ1) is 18.0. The molecule has 1 aromatic heterocycles. The molecule has 2 aromatic rings. The van der Waals surface area contributed by atoms with E-state index in [2.05, 4.69) is 29.0 Å². The lowest BCUT2D eigenvalue weighted by atomic mass is 10.2. The van der Waals surface area contributed by atoms with Crippen molar-refractivity contribution >= 4 is 11.5 Å². The molecule has 0 aliphatic carbocycles. The number of aryl methyl sites for hydroxylation is 1. The van der Waals surface area contributed by atoms with Crippen LogP contribution in [-0.4, -0.2) is 23.1 Å². The molecule has 0 aliphatic rings. The lowest BCUT2D eigenvalue weighted by Gasteiger charge is -2.23. The maximum Gasteiger partial charge on any atom is 0.248 e. The number of benzene rings is 1. The summed E-state index contributed by atoms with van der Waals surface area (Å²) in [7, 11) is 0. The highest BCUT2D eigenvalue weighted by atomic mass is 16.5.